The molecule has 0 atom stereocenters. The van der Waals surface area contributed by atoms with Crippen LogP contribution >= 0.6 is 11.3 Å². The van der Waals surface area contributed by atoms with E-state index in [4.69, 9.17) is 5.73 Å². The van der Waals surface area contributed by atoms with Crippen LogP contribution in [0.1, 0.15) is 15.2 Å². The Bertz CT molecular complexity index is 723. The molecule has 20 heavy (non-hydrogen) atoms. The molecule has 0 bridgehead atoms. The van der Waals surface area contributed by atoms with Gasteiger partial charge in [0, 0.05) is 11.9 Å². The molecule has 1 aromatic carbocycles. The number of nitrogens with one attached hydrogen (secondary N) is 1. The molecule has 0 fully saturated rings. The fourth-order valence-corrected chi connectivity index (χ4v) is 3.60. The van der Waals surface area contributed by atoms with Crippen molar-refractivity contribution in [3.8, 4) is 0 Å². The van der Waals surface area contributed by atoms with Crippen molar-refractivity contribution in [1.82, 2.24) is 4.72 Å². The number of primary amides is 1. The van der Waals surface area contributed by atoms with Gasteiger partial charge in [-0.1, -0.05) is 12.1 Å². The van der Waals surface area contributed by atoms with Crippen molar-refractivity contribution in [1.29, 1.82) is 0 Å². The second kappa shape index (κ2) is 5.70. The number of hydrogen-bond donors (Lipinski definition) is 2. The van der Waals surface area contributed by atoms with E-state index >= 15 is 0 Å². The van der Waals surface area contributed by atoms with Crippen LogP contribution in [0.5, 0.6) is 0 Å². The predicted octanol–water partition coefficient (Wildman–Crippen LogP) is 1.46. The van der Waals surface area contributed by atoms with E-state index in [1.54, 1.807) is 0 Å². The van der Waals surface area contributed by atoms with Gasteiger partial charge in [0.15, 0.2) is 0 Å². The third-order valence-corrected chi connectivity index (χ3v) is 4.98. The lowest BCUT2D eigenvalue weighted by Gasteiger charge is -2.05. The summed E-state index contributed by atoms with van der Waals surface area (Å²) >= 11 is 0.965. The predicted molar refractivity (Wildman–Crippen MR) is 73.3 cm³/mol. The fourth-order valence-electron chi connectivity index (χ4n) is 1.45. The lowest BCUT2D eigenvalue weighted by atomic mass is 10.2. The molecule has 1 amide bonds. The van der Waals surface area contributed by atoms with Crippen molar-refractivity contribution < 1.29 is 17.6 Å². The Hall–Kier alpha value is -1.77. The Labute approximate surface area is 119 Å². The normalized spacial score (nSPS) is 11.4. The molecule has 0 aliphatic carbocycles. The summed E-state index contributed by atoms with van der Waals surface area (Å²) < 4.78 is 39.0. The van der Waals surface area contributed by atoms with Gasteiger partial charge < -0.3 is 5.73 Å². The molecule has 3 N–H and O–H groups in total. The number of amides is 1. The summed E-state index contributed by atoms with van der Waals surface area (Å²) in [5, 5.41) is 1.34. The lowest BCUT2D eigenvalue weighted by molar-refractivity contribution is 0.100. The van der Waals surface area contributed by atoms with E-state index in [1.807, 2.05) is 0 Å². The third kappa shape index (κ3) is 3.41. The van der Waals surface area contributed by atoms with Gasteiger partial charge in [-0.25, -0.2) is 17.5 Å². The van der Waals surface area contributed by atoms with Crippen LogP contribution in [0.15, 0.2) is 40.6 Å². The van der Waals surface area contributed by atoms with Gasteiger partial charge in [0.1, 0.15) is 5.82 Å². The zero-order valence-electron chi connectivity index (χ0n) is 10.2. The summed E-state index contributed by atoms with van der Waals surface area (Å²) in [5.41, 5.74) is 5.70. The van der Waals surface area contributed by atoms with Gasteiger partial charge in [0.05, 0.1) is 9.77 Å². The molecule has 8 heteroatoms. The SMILES string of the molecule is NC(=O)c1cc(S(=O)(=O)NCc2ccc(F)cc2)cs1. The maximum atomic E-state index is 12.7. The molecule has 0 saturated carbocycles. The molecule has 0 saturated heterocycles. The summed E-state index contributed by atoms with van der Waals surface area (Å²) in [6, 6.07) is 6.69. The smallest absolute Gasteiger partial charge is 0.258 e. The largest absolute Gasteiger partial charge is 0.365 e. The molecule has 1 aromatic heterocycles. The fraction of sp³-hybridized carbons (Fsp3) is 0.0833. The van der Waals surface area contributed by atoms with Gasteiger partial charge in [-0.3, -0.25) is 4.79 Å². The second-order valence-corrected chi connectivity index (χ2v) is 6.64. The summed E-state index contributed by atoms with van der Waals surface area (Å²) in [6.45, 7) is 0.0321. The summed E-state index contributed by atoms with van der Waals surface area (Å²) in [6.07, 6.45) is 0. The highest BCUT2D eigenvalue weighted by atomic mass is 32.2. The van der Waals surface area contributed by atoms with Crippen molar-refractivity contribution in [3.63, 3.8) is 0 Å². The summed E-state index contributed by atoms with van der Waals surface area (Å²) in [7, 11) is -3.72. The summed E-state index contributed by atoms with van der Waals surface area (Å²) in [4.78, 5) is 11.1. The molecule has 2 rings (SSSR count). The summed E-state index contributed by atoms with van der Waals surface area (Å²) in [5.74, 6) is -1.06. The van der Waals surface area contributed by atoms with E-state index in [9.17, 15) is 17.6 Å². The molecular formula is C12H11FN2O3S2. The Kier molecular flexibility index (Phi) is 4.17. The molecule has 0 spiro atoms. The van der Waals surface area contributed by atoms with Crippen molar-refractivity contribution in [2.24, 2.45) is 5.73 Å². The molecular weight excluding hydrogens is 303 g/mol. The van der Waals surface area contributed by atoms with E-state index in [0.29, 0.717) is 5.56 Å². The quantitative estimate of drug-likeness (QED) is 0.875. The number of nitrogens with two attached hydrogens (primary N) is 1. The average Bonchev–Trinajstić information content (AvgIpc) is 2.89. The Balaban J connectivity index is 2.10. The number of thiophene rings is 1. The zero-order chi connectivity index (χ0) is 14.8. The first-order valence-corrected chi connectivity index (χ1v) is 7.87. The highest BCUT2D eigenvalue weighted by Crippen LogP contribution is 2.19. The lowest BCUT2D eigenvalue weighted by Crippen LogP contribution is -2.22. The van der Waals surface area contributed by atoms with Crippen LogP contribution < -0.4 is 10.5 Å². The van der Waals surface area contributed by atoms with Gasteiger partial charge in [-0.05, 0) is 23.8 Å². The zero-order valence-corrected chi connectivity index (χ0v) is 11.8. The van der Waals surface area contributed by atoms with Gasteiger partial charge in [0.25, 0.3) is 5.91 Å². The van der Waals surface area contributed by atoms with Crippen molar-refractivity contribution in [2.45, 2.75) is 11.4 Å². The van der Waals surface area contributed by atoms with Crippen molar-refractivity contribution in [3.05, 3.63) is 52.0 Å². The van der Waals surface area contributed by atoms with Gasteiger partial charge in [0.2, 0.25) is 10.0 Å². The molecule has 0 unspecified atom stereocenters. The Morgan fingerprint density at radius 1 is 1.30 bits per heavy atom. The minimum atomic E-state index is -3.72. The number of carbonyl (C=O) groups is 1. The minimum absolute atomic E-state index is 0.0154. The van der Waals surface area contributed by atoms with Crippen LogP contribution in [-0.4, -0.2) is 14.3 Å². The molecule has 2 aromatic rings. The van der Waals surface area contributed by atoms with Crippen LogP contribution in [0.4, 0.5) is 4.39 Å². The number of carbonyl (C=O) groups excluding carboxylic acids is 1. The molecule has 0 aliphatic rings. The molecule has 106 valence electrons. The van der Waals surface area contributed by atoms with E-state index in [0.717, 1.165) is 11.3 Å². The van der Waals surface area contributed by atoms with Gasteiger partial charge in [-0.15, -0.1) is 11.3 Å². The first-order valence-electron chi connectivity index (χ1n) is 5.51. The molecule has 5 nitrogen and oxygen atoms in total. The first-order chi connectivity index (χ1) is 9.38. The van der Waals surface area contributed by atoms with Crippen LogP contribution in [-0.2, 0) is 16.6 Å². The number of hydrogen-bond acceptors (Lipinski definition) is 4. The van der Waals surface area contributed by atoms with E-state index in [2.05, 4.69) is 4.72 Å². The molecule has 0 radical (unpaired) electrons. The first kappa shape index (κ1) is 14.6. The van der Waals surface area contributed by atoms with E-state index < -0.39 is 15.9 Å². The van der Waals surface area contributed by atoms with Crippen LogP contribution in [0.25, 0.3) is 0 Å². The standard InChI is InChI=1S/C12H11FN2O3S2/c13-9-3-1-8(2-4-9)6-15-20(17,18)10-5-11(12(14)16)19-7-10/h1-5,7,15H,6H2,(H2,14,16). The highest BCUT2D eigenvalue weighted by Gasteiger charge is 2.17. The maximum absolute atomic E-state index is 12.7. The Morgan fingerprint density at radius 2 is 1.95 bits per heavy atom. The van der Waals surface area contributed by atoms with Crippen molar-refractivity contribution in [2.75, 3.05) is 0 Å². The minimum Gasteiger partial charge on any atom is -0.365 e. The van der Waals surface area contributed by atoms with Crippen LogP contribution in [0.2, 0.25) is 0 Å². The monoisotopic (exact) mass is 314 g/mol. The van der Waals surface area contributed by atoms with Gasteiger partial charge in [-0.2, -0.15) is 0 Å². The Morgan fingerprint density at radius 3 is 2.50 bits per heavy atom. The van der Waals surface area contributed by atoms with E-state index in [-0.39, 0.29) is 22.1 Å². The topological polar surface area (TPSA) is 89.3 Å². The molecule has 1 heterocycles. The number of rotatable bonds is 5. The van der Waals surface area contributed by atoms with Crippen LogP contribution in [0.3, 0.4) is 0 Å². The number of sulfonamides is 1. The van der Waals surface area contributed by atoms with Crippen LogP contribution in [0, 0.1) is 5.82 Å². The maximum Gasteiger partial charge on any atom is 0.258 e. The highest BCUT2D eigenvalue weighted by molar-refractivity contribution is 7.89. The van der Waals surface area contributed by atoms with Gasteiger partial charge >= 0.3 is 0 Å². The number of halogens is 1. The second-order valence-electron chi connectivity index (χ2n) is 3.96. The van der Waals surface area contributed by atoms with Crippen molar-refractivity contribution >= 4 is 27.3 Å². The third-order valence-electron chi connectivity index (χ3n) is 2.51. The molecule has 0 aliphatic heterocycles. The van der Waals surface area contributed by atoms with E-state index in [1.165, 1.54) is 35.7 Å². The number of benzene rings is 1. The average molecular weight is 314 g/mol.